The van der Waals surface area contributed by atoms with Crippen molar-refractivity contribution in [1.29, 1.82) is 0 Å². The third kappa shape index (κ3) is 5.93. The summed E-state index contributed by atoms with van der Waals surface area (Å²) in [6, 6.07) is 24.2. The first-order chi connectivity index (χ1) is 17.4. The molecule has 5 nitrogen and oxygen atoms in total. The van der Waals surface area contributed by atoms with Gasteiger partial charge in [-0.15, -0.1) is 11.3 Å². The Morgan fingerprint density at radius 1 is 0.917 bits per heavy atom. The minimum atomic E-state index is -4.00. The van der Waals surface area contributed by atoms with Crippen LogP contribution in [0.1, 0.15) is 51.7 Å². The molecule has 0 N–H and O–H groups in total. The molecule has 1 atom stereocenters. The van der Waals surface area contributed by atoms with E-state index in [-0.39, 0.29) is 25.4 Å². The second-order valence-electron chi connectivity index (χ2n) is 8.10. The van der Waals surface area contributed by atoms with Crippen molar-refractivity contribution in [2.45, 2.75) is 32.8 Å². The van der Waals surface area contributed by atoms with Gasteiger partial charge in [-0.25, -0.2) is 9.18 Å². The molecule has 188 valence electrons. The SMILES string of the molecule is CCOP(=O)(OCC)[C@@H](F)c1ccc2sc(C(=O)OCc3ccccc3)c(Cc3ccccc3)c2c1. The van der Waals surface area contributed by atoms with E-state index in [9.17, 15) is 9.36 Å². The third-order valence-electron chi connectivity index (χ3n) is 5.61. The van der Waals surface area contributed by atoms with Gasteiger partial charge in [0.15, 0.2) is 0 Å². The van der Waals surface area contributed by atoms with Crippen LogP contribution in [-0.4, -0.2) is 19.2 Å². The Morgan fingerprint density at radius 3 is 2.14 bits per heavy atom. The molecule has 0 saturated heterocycles. The summed E-state index contributed by atoms with van der Waals surface area (Å²) >= 11 is 1.31. The summed E-state index contributed by atoms with van der Waals surface area (Å²) in [5, 5.41) is 0.718. The average Bonchev–Trinajstić information content (AvgIpc) is 3.26. The smallest absolute Gasteiger partial charge is 0.369 e. The monoisotopic (exact) mass is 526 g/mol. The van der Waals surface area contributed by atoms with Gasteiger partial charge in [0.05, 0.1) is 13.2 Å². The maximum absolute atomic E-state index is 15.5. The van der Waals surface area contributed by atoms with E-state index in [1.807, 2.05) is 60.7 Å². The largest absolute Gasteiger partial charge is 0.457 e. The summed E-state index contributed by atoms with van der Waals surface area (Å²) in [6.45, 7) is 3.57. The molecule has 0 aliphatic heterocycles. The molecule has 4 aromatic rings. The van der Waals surface area contributed by atoms with Crippen molar-refractivity contribution in [2.24, 2.45) is 0 Å². The van der Waals surface area contributed by atoms with Gasteiger partial charge in [-0.05, 0) is 60.0 Å². The Balaban J connectivity index is 1.73. The minimum Gasteiger partial charge on any atom is -0.457 e. The van der Waals surface area contributed by atoms with Crippen LogP contribution in [0.3, 0.4) is 0 Å². The van der Waals surface area contributed by atoms with E-state index in [0.29, 0.717) is 11.3 Å². The second-order valence-corrected chi connectivity index (χ2v) is 11.2. The Kier molecular flexibility index (Phi) is 8.70. The van der Waals surface area contributed by atoms with E-state index in [1.54, 1.807) is 32.0 Å². The van der Waals surface area contributed by atoms with Gasteiger partial charge in [-0.3, -0.25) is 4.57 Å². The van der Waals surface area contributed by atoms with Crippen LogP contribution in [0.4, 0.5) is 4.39 Å². The summed E-state index contributed by atoms with van der Waals surface area (Å²) in [5.41, 5.74) is 2.83. The molecule has 4 rings (SSSR count). The van der Waals surface area contributed by atoms with Crippen LogP contribution in [0.25, 0.3) is 10.1 Å². The zero-order valence-corrected chi connectivity index (χ0v) is 21.9. The van der Waals surface area contributed by atoms with E-state index in [0.717, 1.165) is 26.8 Å². The molecule has 0 aliphatic rings. The number of ether oxygens (including phenoxy) is 1. The molecular weight excluding hydrogens is 498 g/mol. The molecule has 0 amide bonds. The quantitative estimate of drug-likeness (QED) is 0.146. The van der Waals surface area contributed by atoms with Crippen LogP contribution in [0.15, 0.2) is 78.9 Å². The Hall–Kier alpha value is -2.83. The molecule has 1 heterocycles. The van der Waals surface area contributed by atoms with Gasteiger partial charge in [-0.1, -0.05) is 66.7 Å². The summed E-state index contributed by atoms with van der Waals surface area (Å²) in [7, 11) is -4.00. The molecular formula is C28H28FO5PS. The highest BCUT2D eigenvalue weighted by Gasteiger charge is 2.37. The van der Waals surface area contributed by atoms with Crippen molar-refractivity contribution in [3.8, 4) is 0 Å². The number of fused-ring (bicyclic) bond motifs is 1. The van der Waals surface area contributed by atoms with Crippen LogP contribution in [0.5, 0.6) is 0 Å². The number of halogens is 1. The van der Waals surface area contributed by atoms with Gasteiger partial charge in [0.2, 0.25) is 5.91 Å². The fourth-order valence-corrected chi connectivity index (χ4v) is 6.63. The zero-order valence-electron chi connectivity index (χ0n) is 20.2. The molecule has 1 aromatic heterocycles. The number of alkyl halides is 1. The molecule has 0 spiro atoms. The van der Waals surface area contributed by atoms with E-state index in [4.69, 9.17) is 13.8 Å². The Morgan fingerprint density at radius 2 is 1.53 bits per heavy atom. The Bertz CT molecular complexity index is 1350. The molecule has 0 unspecified atom stereocenters. The van der Waals surface area contributed by atoms with E-state index < -0.39 is 19.5 Å². The predicted molar refractivity (Wildman–Crippen MR) is 141 cm³/mol. The topological polar surface area (TPSA) is 61.8 Å². The maximum Gasteiger partial charge on any atom is 0.369 e. The van der Waals surface area contributed by atoms with Crippen LogP contribution >= 0.6 is 18.9 Å². The molecule has 8 heteroatoms. The lowest BCUT2D eigenvalue weighted by Crippen LogP contribution is -2.06. The van der Waals surface area contributed by atoms with Gasteiger partial charge in [-0.2, -0.15) is 0 Å². The normalized spacial score (nSPS) is 12.5. The first-order valence-electron chi connectivity index (χ1n) is 11.8. The van der Waals surface area contributed by atoms with Crippen molar-refractivity contribution < 1.29 is 27.5 Å². The number of hydrogen-bond donors (Lipinski definition) is 0. The minimum absolute atomic E-state index is 0.0645. The van der Waals surface area contributed by atoms with E-state index >= 15 is 4.39 Å². The first-order valence-corrected chi connectivity index (χ1v) is 14.2. The molecule has 0 aliphatic carbocycles. The third-order valence-corrected chi connectivity index (χ3v) is 8.89. The van der Waals surface area contributed by atoms with Crippen LogP contribution < -0.4 is 0 Å². The lowest BCUT2D eigenvalue weighted by Gasteiger charge is -2.21. The molecule has 0 radical (unpaired) electrons. The van der Waals surface area contributed by atoms with Crippen molar-refractivity contribution >= 4 is 35.0 Å². The Labute approximate surface area is 214 Å². The molecule has 3 aromatic carbocycles. The van der Waals surface area contributed by atoms with Crippen molar-refractivity contribution in [2.75, 3.05) is 13.2 Å². The fourth-order valence-electron chi connectivity index (χ4n) is 3.95. The second kappa shape index (κ2) is 11.9. The molecule has 0 fully saturated rings. The highest BCUT2D eigenvalue weighted by atomic mass is 32.1. The van der Waals surface area contributed by atoms with Gasteiger partial charge < -0.3 is 13.8 Å². The maximum atomic E-state index is 15.5. The highest BCUT2D eigenvalue weighted by Crippen LogP contribution is 2.62. The van der Waals surface area contributed by atoms with Gasteiger partial charge in [0.1, 0.15) is 11.5 Å². The van der Waals surface area contributed by atoms with Gasteiger partial charge >= 0.3 is 13.6 Å². The summed E-state index contributed by atoms with van der Waals surface area (Å²) in [6.07, 6.45) is 0.464. The lowest BCUT2D eigenvalue weighted by molar-refractivity contribution is 0.0477. The number of esters is 1. The zero-order chi connectivity index (χ0) is 25.5. The molecule has 36 heavy (non-hydrogen) atoms. The van der Waals surface area contributed by atoms with Crippen molar-refractivity contribution in [1.82, 2.24) is 0 Å². The number of benzene rings is 3. The summed E-state index contributed by atoms with van der Waals surface area (Å²) in [5.74, 6) is -2.38. The fraction of sp³-hybridized carbons (Fsp3) is 0.250. The van der Waals surface area contributed by atoms with Crippen molar-refractivity contribution in [3.63, 3.8) is 0 Å². The number of rotatable bonds is 11. The average molecular weight is 527 g/mol. The van der Waals surface area contributed by atoms with Gasteiger partial charge in [0, 0.05) is 4.70 Å². The number of thiophene rings is 1. The van der Waals surface area contributed by atoms with E-state index in [2.05, 4.69) is 0 Å². The summed E-state index contributed by atoms with van der Waals surface area (Å²) in [4.78, 5) is 13.6. The lowest BCUT2D eigenvalue weighted by atomic mass is 10.0. The molecule has 0 bridgehead atoms. The highest BCUT2D eigenvalue weighted by molar-refractivity contribution is 7.54. The van der Waals surface area contributed by atoms with Crippen molar-refractivity contribution in [3.05, 3.63) is 106 Å². The predicted octanol–water partition coefficient (Wildman–Crippen LogP) is 8.08. The van der Waals surface area contributed by atoms with Crippen LogP contribution in [0, 0.1) is 0 Å². The standard InChI is InChI=1S/C28H28FO5PS/c1-3-33-35(31,34-4-2)27(29)22-15-16-25-23(18-22)24(17-20-11-7-5-8-12-20)26(36-25)28(30)32-19-21-13-9-6-10-14-21/h5-16,18,27H,3-4,17,19H2,1-2H3/t27-/m1/s1. The van der Waals surface area contributed by atoms with E-state index in [1.165, 1.54) is 11.3 Å². The number of hydrogen-bond acceptors (Lipinski definition) is 6. The van der Waals surface area contributed by atoms with Gasteiger partial charge in [0.25, 0.3) is 0 Å². The molecule has 0 saturated carbocycles. The number of carbonyl (C=O) groups is 1. The van der Waals surface area contributed by atoms with Crippen LogP contribution in [0.2, 0.25) is 0 Å². The number of carbonyl (C=O) groups excluding carboxylic acids is 1. The van der Waals surface area contributed by atoms with Crippen LogP contribution in [-0.2, 0) is 31.4 Å². The summed E-state index contributed by atoms with van der Waals surface area (Å²) < 4.78 is 45.5. The first kappa shape index (κ1) is 26.2.